The average Bonchev–Trinajstić information content (AvgIpc) is 2.76. The number of esters is 1. The monoisotopic (exact) mass is 453 g/mol. The predicted octanol–water partition coefficient (Wildman–Crippen LogP) is 6.03. The normalized spacial score (nSPS) is 10.7. The van der Waals surface area contributed by atoms with E-state index in [0.717, 1.165) is 11.6 Å². The molecule has 1 amide bonds. The predicted molar refractivity (Wildman–Crippen MR) is 122 cm³/mol. The van der Waals surface area contributed by atoms with E-state index in [1.807, 2.05) is 30.3 Å². The molecule has 164 valence electrons. The lowest BCUT2D eigenvalue weighted by Gasteiger charge is -2.11. The lowest BCUT2D eigenvalue weighted by Crippen LogP contribution is -2.08. The summed E-state index contributed by atoms with van der Waals surface area (Å²) in [6, 6.07) is 18.2. The second-order valence-electron chi connectivity index (χ2n) is 6.73. The van der Waals surface area contributed by atoms with Gasteiger partial charge in [0, 0.05) is 17.8 Å². The summed E-state index contributed by atoms with van der Waals surface area (Å²) < 4.78 is 25.0. The number of carbonyl (C=O) groups is 2. The molecule has 32 heavy (non-hydrogen) atoms. The summed E-state index contributed by atoms with van der Waals surface area (Å²) in [5.74, 6) is -1.23. The third kappa shape index (κ3) is 6.68. The van der Waals surface area contributed by atoms with Crippen molar-refractivity contribution in [1.29, 1.82) is 0 Å². The lowest BCUT2D eigenvalue weighted by atomic mass is 10.1. The van der Waals surface area contributed by atoms with Crippen LogP contribution >= 0.6 is 11.6 Å². The van der Waals surface area contributed by atoms with Gasteiger partial charge in [0.05, 0.1) is 18.1 Å². The van der Waals surface area contributed by atoms with Gasteiger partial charge >= 0.3 is 5.97 Å². The first-order chi connectivity index (χ1) is 15.4. The molecule has 0 bridgehead atoms. The fourth-order valence-electron chi connectivity index (χ4n) is 2.82. The summed E-state index contributed by atoms with van der Waals surface area (Å²) in [6.45, 7) is 2.03. The summed E-state index contributed by atoms with van der Waals surface area (Å²) in [7, 11) is 0. The highest BCUT2D eigenvalue weighted by atomic mass is 35.5. The van der Waals surface area contributed by atoms with E-state index < -0.39 is 5.82 Å². The second-order valence-corrected chi connectivity index (χ2v) is 7.13. The molecule has 0 aliphatic heterocycles. The Morgan fingerprint density at radius 2 is 1.78 bits per heavy atom. The standard InChI is InChI=1S/C25H21ClFNO4/c1-2-31-25(30)15-18-8-11-22(20(26)14-18)32-23-12-10-19(16-21(23)27)28-24(29)13-9-17-6-4-3-5-7-17/h3-14,16H,2,15H2,1H3,(H,28,29)/b13-9+. The van der Waals surface area contributed by atoms with E-state index in [9.17, 15) is 14.0 Å². The highest BCUT2D eigenvalue weighted by Gasteiger charge is 2.12. The van der Waals surface area contributed by atoms with Gasteiger partial charge in [-0.1, -0.05) is 48.0 Å². The number of amides is 1. The Morgan fingerprint density at radius 1 is 1.03 bits per heavy atom. The molecule has 0 aliphatic carbocycles. The van der Waals surface area contributed by atoms with Crippen LogP contribution in [0, 0.1) is 5.82 Å². The average molecular weight is 454 g/mol. The van der Waals surface area contributed by atoms with Gasteiger partial charge in [-0.15, -0.1) is 0 Å². The molecule has 0 atom stereocenters. The van der Waals surface area contributed by atoms with Gasteiger partial charge in [-0.25, -0.2) is 4.39 Å². The van der Waals surface area contributed by atoms with Crippen LogP contribution in [0.4, 0.5) is 10.1 Å². The van der Waals surface area contributed by atoms with Gasteiger partial charge in [-0.2, -0.15) is 0 Å². The number of nitrogens with one attached hydrogen (secondary N) is 1. The molecule has 0 fully saturated rings. The van der Waals surface area contributed by atoms with Crippen molar-refractivity contribution >= 4 is 35.2 Å². The smallest absolute Gasteiger partial charge is 0.310 e. The lowest BCUT2D eigenvalue weighted by molar-refractivity contribution is -0.142. The van der Waals surface area contributed by atoms with Gasteiger partial charge in [0.15, 0.2) is 11.6 Å². The van der Waals surface area contributed by atoms with E-state index in [0.29, 0.717) is 12.2 Å². The molecule has 0 saturated heterocycles. The molecule has 1 N–H and O–H groups in total. The van der Waals surface area contributed by atoms with E-state index in [1.165, 1.54) is 18.2 Å². The van der Waals surface area contributed by atoms with Crippen molar-refractivity contribution in [2.24, 2.45) is 0 Å². The van der Waals surface area contributed by atoms with Crippen LogP contribution in [0.25, 0.3) is 6.08 Å². The third-order valence-corrected chi connectivity index (χ3v) is 4.59. The van der Waals surface area contributed by atoms with Crippen LogP contribution in [-0.2, 0) is 20.7 Å². The number of halogens is 2. The van der Waals surface area contributed by atoms with Crippen molar-refractivity contribution in [2.75, 3.05) is 11.9 Å². The zero-order valence-electron chi connectivity index (χ0n) is 17.3. The van der Waals surface area contributed by atoms with E-state index in [4.69, 9.17) is 21.1 Å². The molecule has 7 heteroatoms. The molecule has 3 aromatic rings. The summed E-state index contributed by atoms with van der Waals surface area (Å²) in [5, 5.41) is 2.83. The number of rotatable bonds is 8. The van der Waals surface area contributed by atoms with Crippen molar-refractivity contribution in [3.05, 3.63) is 94.8 Å². The van der Waals surface area contributed by atoms with Crippen LogP contribution in [0.15, 0.2) is 72.8 Å². The molecule has 0 saturated carbocycles. The van der Waals surface area contributed by atoms with Gasteiger partial charge < -0.3 is 14.8 Å². The maximum absolute atomic E-state index is 14.5. The molecular weight excluding hydrogens is 433 g/mol. The summed E-state index contributed by atoms with van der Waals surface area (Å²) >= 11 is 6.21. The van der Waals surface area contributed by atoms with Crippen LogP contribution in [0.2, 0.25) is 5.02 Å². The molecule has 0 aromatic heterocycles. The maximum Gasteiger partial charge on any atom is 0.310 e. The van der Waals surface area contributed by atoms with Crippen LogP contribution in [0.1, 0.15) is 18.1 Å². The van der Waals surface area contributed by atoms with Crippen molar-refractivity contribution in [3.8, 4) is 11.5 Å². The molecule has 0 spiro atoms. The highest BCUT2D eigenvalue weighted by molar-refractivity contribution is 6.32. The SMILES string of the molecule is CCOC(=O)Cc1ccc(Oc2ccc(NC(=O)/C=C/c3ccccc3)cc2F)c(Cl)c1. The number of ether oxygens (including phenoxy) is 2. The second kappa shape index (κ2) is 11.1. The molecule has 3 aromatic carbocycles. The minimum atomic E-state index is -0.665. The first-order valence-electron chi connectivity index (χ1n) is 9.90. The van der Waals surface area contributed by atoms with E-state index in [1.54, 1.807) is 31.2 Å². The van der Waals surface area contributed by atoms with E-state index >= 15 is 0 Å². The molecule has 5 nitrogen and oxygen atoms in total. The minimum absolute atomic E-state index is 0.0529. The van der Waals surface area contributed by atoms with Crippen LogP contribution in [0.5, 0.6) is 11.5 Å². The van der Waals surface area contributed by atoms with Crippen LogP contribution < -0.4 is 10.1 Å². The van der Waals surface area contributed by atoms with E-state index in [2.05, 4.69) is 5.32 Å². The highest BCUT2D eigenvalue weighted by Crippen LogP contribution is 2.32. The number of hydrogen-bond acceptors (Lipinski definition) is 4. The zero-order chi connectivity index (χ0) is 22.9. The van der Waals surface area contributed by atoms with Gasteiger partial charge in [-0.05, 0) is 48.4 Å². The van der Waals surface area contributed by atoms with Crippen LogP contribution in [0.3, 0.4) is 0 Å². The maximum atomic E-state index is 14.5. The molecule has 0 aliphatic rings. The Bertz CT molecular complexity index is 1130. The molecular formula is C25H21ClFNO4. The first-order valence-corrected chi connectivity index (χ1v) is 10.3. The Hall–Kier alpha value is -3.64. The number of hydrogen-bond donors (Lipinski definition) is 1. The first kappa shape index (κ1) is 23.0. The van der Waals surface area contributed by atoms with Crippen molar-refractivity contribution in [1.82, 2.24) is 0 Å². The number of anilines is 1. The minimum Gasteiger partial charge on any atom is -0.466 e. The summed E-state index contributed by atoms with van der Waals surface area (Å²) in [6.07, 6.45) is 3.11. The quantitative estimate of drug-likeness (QED) is 0.334. The van der Waals surface area contributed by atoms with E-state index in [-0.39, 0.29) is 40.5 Å². The zero-order valence-corrected chi connectivity index (χ0v) is 18.1. The van der Waals surface area contributed by atoms with Crippen molar-refractivity contribution in [2.45, 2.75) is 13.3 Å². The Morgan fingerprint density at radius 3 is 2.47 bits per heavy atom. The van der Waals surface area contributed by atoms with Gasteiger partial charge in [-0.3, -0.25) is 9.59 Å². The van der Waals surface area contributed by atoms with Crippen LogP contribution in [-0.4, -0.2) is 18.5 Å². The van der Waals surface area contributed by atoms with Gasteiger partial charge in [0.25, 0.3) is 0 Å². The molecule has 0 unspecified atom stereocenters. The number of carbonyl (C=O) groups excluding carboxylic acids is 2. The van der Waals surface area contributed by atoms with Crippen molar-refractivity contribution < 1.29 is 23.5 Å². The summed E-state index contributed by atoms with van der Waals surface area (Å²) in [4.78, 5) is 23.7. The molecule has 3 rings (SSSR count). The Balaban J connectivity index is 1.63. The largest absolute Gasteiger partial charge is 0.466 e. The van der Waals surface area contributed by atoms with Gasteiger partial charge in [0.2, 0.25) is 5.91 Å². The fourth-order valence-corrected chi connectivity index (χ4v) is 3.06. The van der Waals surface area contributed by atoms with Crippen molar-refractivity contribution in [3.63, 3.8) is 0 Å². The summed E-state index contributed by atoms with van der Waals surface area (Å²) in [5.41, 5.74) is 1.82. The molecule has 0 radical (unpaired) electrons. The van der Waals surface area contributed by atoms with Gasteiger partial charge in [0.1, 0.15) is 5.75 Å². The fraction of sp³-hybridized carbons (Fsp3) is 0.120. The Labute approximate surface area is 190 Å². The third-order valence-electron chi connectivity index (χ3n) is 4.30. The topological polar surface area (TPSA) is 64.6 Å². The molecule has 0 heterocycles. The number of benzene rings is 3. The Kier molecular flexibility index (Phi) is 8.00.